The molecule has 13 heteroatoms. The zero-order valence-corrected chi connectivity index (χ0v) is 21.0. The van der Waals surface area contributed by atoms with Gasteiger partial charge in [0.05, 0.1) is 18.8 Å². The smallest absolute Gasteiger partial charge is 0.251 e. The van der Waals surface area contributed by atoms with Crippen LogP contribution in [0.15, 0.2) is 12.4 Å². The largest absolute Gasteiger partial charge is 0.384 e. The molecule has 0 aromatic carbocycles. The van der Waals surface area contributed by atoms with E-state index >= 15 is 0 Å². The van der Waals surface area contributed by atoms with Gasteiger partial charge in [0.15, 0.2) is 22.8 Å². The van der Waals surface area contributed by atoms with Crippen molar-refractivity contribution in [3.05, 3.63) is 12.4 Å². The number of fused-ring (bicyclic) bond motifs is 1. The van der Waals surface area contributed by atoms with Crippen LogP contribution in [-0.2, 0) is 16.1 Å². The van der Waals surface area contributed by atoms with Crippen LogP contribution >= 0.6 is 0 Å². The van der Waals surface area contributed by atoms with Crippen LogP contribution in [0.1, 0.15) is 19.8 Å². The predicted octanol–water partition coefficient (Wildman–Crippen LogP) is 0.142. The molecule has 3 fully saturated rings. The number of amides is 1. The van der Waals surface area contributed by atoms with Crippen LogP contribution < -0.4 is 15.5 Å². The monoisotopic (exact) mass is 508 g/mol. The Morgan fingerprint density at radius 2 is 1.76 bits per heavy atom. The van der Waals surface area contributed by atoms with Crippen LogP contribution in [0, 0.1) is 5.92 Å². The fourth-order valence-corrected chi connectivity index (χ4v) is 4.91. The average Bonchev–Trinajstić information content (AvgIpc) is 3.68. The average molecular weight is 509 g/mol. The summed E-state index contributed by atoms with van der Waals surface area (Å²) >= 11 is 0. The highest BCUT2D eigenvalue weighted by atomic mass is 16.5. The molecule has 1 aliphatic carbocycles. The number of nitrogens with zero attached hydrogens (tertiary/aromatic N) is 9. The number of aliphatic hydroxyl groups is 1. The number of hydrogen-bond donors (Lipinski definition) is 2. The molecule has 6 rings (SSSR count). The van der Waals surface area contributed by atoms with E-state index in [1.54, 1.807) is 17.3 Å². The first-order valence-electron chi connectivity index (χ1n) is 12.9. The zero-order chi connectivity index (χ0) is 25.5. The van der Waals surface area contributed by atoms with E-state index in [4.69, 9.17) is 25.4 Å². The number of carbonyl (C=O) groups is 1. The molecule has 13 nitrogen and oxygen atoms in total. The fourth-order valence-electron chi connectivity index (χ4n) is 4.91. The second-order valence-corrected chi connectivity index (χ2v) is 9.93. The molecule has 2 aliphatic heterocycles. The minimum atomic E-state index is -0.993. The van der Waals surface area contributed by atoms with Gasteiger partial charge in [-0.2, -0.15) is 0 Å². The van der Waals surface area contributed by atoms with E-state index in [9.17, 15) is 9.90 Å². The van der Waals surface area contributed by atoms with E-state index in [1.807, 2.05) is 0 Å². The van der Waals surface area contributed by atoms with Crippen molar-refractivity contribution < 1.29 is 14.6 Å². The Bertz CT molecular complexity index is 1280. The standard InChI is InChI=1S/C24H32N10O3/c1-15(35)22(36)32-4-6-33(7-5-32)24-28-18-20(31-8-10-37-11-9-31)29-19(17-12-26-23(25)27-13-17)30-21(18)34(24)14-16-2-3-16/h12-13,15-16,35H,2-11,14H2,1H3,(H2,25,26,27)/t15-/m0/s1. The maximum Gasteiger partial charge on any atom is 0.251 e. The molecular formula is C24H32N10O3. The van der Waals surface area contributed by atoms with Crippen molar-refractivity contribution in [2.45, 2.75) is 32.4 Å². The molecule has 3 aromatic rings. The number of anilines is 3. The molecule has 0 bridgehead atoms. The lowest BCUT2D eigenvalue weighted by Gasteiger charge is -2.36. The number of morpholine rings is 1. The van der Waals surface area contributed by atoms with Gasteiger partial charge in [-0.1, -0.05) is 0 Å². The molecule has 0 spiro atoms. The minimum absolute atomic E-state index is 0.201. The summed E-state index contributed by atoms with van der Waals surface area (Å²) in [6, 6.07) is 0. The molecule has 37 heavy (non-hydrogen) atoms. The molecule has 196 valence electrons. The Labute approximate surface area is 214 Å². The van der Waals surface area contributed by atoms with Gasteiger partial charge in [-0.3, -0.25) is 9.36 Å². The highest BCUT2D eigenvalue weighted by Gasteiger charge is 2.32. The number of nitrogens with two attached hydrogens (primary N) is 1. The van der Waals surface area contributed by atoms with Gasteiger partial charge in [0.25, 0.3) is 5.91 Å². The van der Waals surface area contributed by atoms with Gasteiger partial charge >= 0.3 is 0 Å². The topological polar surface area (TPSA) is 152 Å². The lowest BCUT2D eigenvalue weighted by molar-refractivity contribution is -0.139. The molecule has 3 aromatic heterocycles. The quantitative estimate of drug-likeness (QED) is 0.468. The SMILES string of the molecule is C[C@H](O)C(=O)N1CCN(c2nc3c(N4CCOCC4)nc(-c4cnc(N)nc4)nc3n2CC2CC2)CC1. The molecular weight excluding hydrogens is 476 g/mol. The molecule has 5 heterocycles. The Balaban J connectivity index is 1.43. The van der Waals surface area contributed by atoms with Gasteiger partial charge in [0, 0.05) is 58.2 Å². The van der Waals surface area contributed by atoms with Gasteiger partial charge in [-0.25, -0.2) is 24.9 Å². The molecule has 3 aliphatic rings. The predicted molar refractivity (Wildman–Crippen MR) is 137 cm³/mol. The van der Waals surface area contributed by atoms with Crippen molar-refractivity contribution in [3.8, 4) is 11.4 Å². The Kier molecular flexibility index (Phi) is 6.24. The van der Waals surface area contributed by atoms with E-state index in [-0.39, 0.29) is 11.9 Å². The first kappa shape index (κ1) is 23.8. The van der Waals surface area contributed by atoms with Crippen LogP contribution in [0.3, 0.4) is 0 Å². The number of piperazine rings is 1. The van der Waals surface area contributed by atoms with Gasteiger partial charge in [0.1, 0.15) is 6.10 Å². The summed E-state index contributed by atoms with van der Waals surface area (Å²) in [7, 11) is 0. The maximum atomic E-state index is 12.3. The van der Waals surface area contributed by atoms with Crippen LogP contribution in [-0.4, -0.2) is 104 Å². The van der Waals surface area contributed by atoms with Crippen molar-refractivity contribution in [2.75, 3.05) is 68.0 Å². The lowest BCUT2D eigenvalue weighted by Crippen LogP contribution is -2.51. The third kappa shape index (κ3) is 4.76. The van der Waals surface area contributed by atoms with Crippen LogP contribution in [0.4, 0.5) is 17.7 Å². The van der Waals surface area contributed by atoms with Gasteiger partial charge in [-0.15, -0.1) is 0 Å². The third-order valence-electron chi connectivity index (χ3n) is 7.17. The second kappa shape index (κ2) is 9.71. The highest BCUT2D eigenvalue weighted by molar-refractivity contribution is 5.88. The summed E-state index contributed by atoms with van der Waals surface area (Å²) in [5, 5.41) is 9.73. The number of hydrogen-bond acceptors (Lipinski definition) is 11. The van der Waals surface area contributed by atoms with Crippen LogP contribution in [0.5, 0.6) is 0 Å². The number of rotatable bonds is 6. The molecule has 3 N–H and O–H groups in total. The van der Waals surface area contributed by atoms with Crippen molar-refractivity contribution in [1.29, 1.82) is 0 Å². The molecule has 2 saturated heterocycles. The maximum absolute atomic E-state index is 12.3. The molecule has 1 amide bonds. The van der Waals surface area contributed by atoms with Crippen molar-refractivity contribution in [2.24, 2.45) is 5.92 Å². The van der Waals surface area contributed by atoms with Crippen molar-refractivity contribution in [1.82, 2.24) is 34.4 Å². The van der Waals surface area contributed by atoms with Gasteiger partial charge in [0.2, 0.25) is 11.9 Å². The summed E-state index contributed by atoms with van der Waals surface area (Å²) in [5.41, 5.74) is 7.96. The highest BCUT2D eigenvalue weighted by Crippen LogP contribution is 2.36. The van der Waals surface area contributed by atoms with E-state index < -0.39 is 6.10 Å². The Hall–Kier alpha value is -3.58. The molecule has 0 unspecified atom stereocenters. The van der Waals surface area contributed by atoms with Crippen LogP contribution in [0.2, 0.25) is 0 Å². The molecule has 1 atom stereocenters. The van der Waals surface area contributed by atoms with E-state index in [2.05, 4.69) is 24.3 Å². The molecule has 0 radical (unpaired) electrons. The number of aliphatic hydroxyl groups excluding tert-OH is 1. The molecule has 1 saturated carbocycles. The summed E-state index contributed by atoms with van der Waals surface area (Å²) in [6.07, 6.45) is 4.68. The number of nitrogen functional groups attached to an aromatic ring is 1. The summed E-state index contributed by atoms with van der Waals surface area (Å²) in [4.78, 5) is 41.8. The lowest BCUT2D eigenvalue weighted by atomic mass is 10.2. The second-order valence-electron chi connectivity index (χ2n) is 9.93. The number of ether oxygens (including phenoxy) is 1. The fraction of sp³-hybridized carbons (Fsp3) is 0.583. The zero-order valence-electron chi connectivity index (χ0n) is 21.0. The minimum Gasteiger partial charge on any atom is -0.384 e. The summed E-state index contributed by atoms with van der Waals surface area (Å²) < 4.78 is 7.80. The number of aromatic nitrogens is 6. The summed E-state index contributed by atoms with van der Waals surface area (Å²) in [5.74, 6) is 2.72. The first-order valence-corrected chi connectivity index (χ1v) is 12.9. The van der Waals surface area contributed by atoms with Gasteiger partial charge < -0.3 is 30.3 Å². The number of imidazole rings is 1. The Morgan fingerprint density at radius 1 is 1.05 bits per heavy atom. The van der Waals surface area contributed by atoms with Crippen molar-refractivity contribution in [3.63, 3.8) is 0 Å². The van der Waals surface area contributed by atoms with E-state index in [0.29, 0.717) is 56.7 Å². The summed E-state index contributed by atoms with van der Waals surface area (Å²) in [6.45, 7) is 7.36. The van der Waals surface area contributed by atoms with E-state index in [1.165, 1.54) is 19.8 Å². The van der Waals surface area contributed by atoms with Gasteiger partial charge in [-0.05, 0) is 25.7 Å². The normalized spacial score (nSPS) is 19.5. The van der Waals surface area contributed by atoms with E-state index in [0.717, 1.165) is 42.6 Å². The van der Waals surface area contributed by atoms with Crippen molar-refractivity contribution >= 4 is 34.8 Å². The Morgan fingerprint density at radius 3 is 2.41 bits per heavy atom. The number of carbonyl (C=O) groups excluding carboxylic acids is 1. The third-order valence-corrected chi connectivity index (χ3v) is 7.17. The first-order chi connectivity index (χ1) is 18.0. The van der Waals surface area contributed by atoms with Crippen LogP contribution in [0.25, 0.3) is 22.6 Å².